The number of fused-ring (bicyclic) bond motifs is 2. The summed E-state index contributed by atoms with van der Waals surface area (Å²) in [6.45, 7) is 5.98. The highest BCUT2D eigenvalue weighted by Gasteiger charge is 2.31. The van der Waals surface area contributed by atoms with Crippen LogP contribution in [0.2, 0.25) is 0 Å². The lowest BCUT2D eigenvalue weighted by atomic mass is 10.0. The topological polar surface area (TPSA) is 43.4 Å². The second-order valence-electron chi connectivity index (χ2n) is 5.42. The van der Waals surface area contributed by atoms with E-state index in [1.54, 1.807) is 30.3 Å². The van der Waals surface area contributed by atoms with E-state index in [4.69, 9.17) is 4.74 Å². The molecule has 0 radical (unpaired) electrons. The van der Waals surface area contributed by atoms with Gasteiger partial charge in [0.25, 0.3) is 0 Å². The molecule has 0 bridgehead atoms. The van der Waals surface area contributed by atoms with Crippen LogP contribution in [0.15, 0.2) is 46.2 Å². The first kappa shape index (κ1) is 13.2. The van der Waals surface area contributed by atoms with Gasteiger partial charge < -0.3 is 4.74 Å². The monoisotopic (exact) mass is 288 g/mol. The standard InChI is InChI=1S/C16H16O3S/c1-10(2)12-5-6-13-16(9-12)20(17,18)15-7-4-11(3)8-14(15)19-13/h4-10H,1-3H3. The minimum atomic E-state index is -3.50. The van der Waals surface area contributed by atoms with Crippen molar-refractivity contribution in [3.63, 3.8) is 0 Å². The Morgan fingerprint density at radius 2 is 1.70 bits per heavy atom. The van der Waals surface area contributed by atoms with Crippen molar-refractivity contribution >= 4 is 9.84 Å². The third-order valence-electron chi connectivity index (χ3n) is 3.53. The van der Waals surface area contributed by atoms with Crippen LogP contribution in [0.5, 0.6) is 11.5 Å². The number of benzene rings is 2. The molecular weight excluding hydrogens is 272 g/mol. The Bertz CT molecular complexity index is 789. The molecule has 104 valence electrons. The van der Waals surface area contributed by atoms with Crippen molar-refractivity contribution in [2.75, 3.05) is 0 Å². The molecule has 0 aliphatic carbocycles. The summed E-state index contributed by atoms with van der Waals surface area (Å²) in [5.41, 5.74) is 1.97. The van der Waals surface area contributed by atoms with E-state index in [0.29, 0.717) is 11.5 Å². The fraction of sp³-hybridized carbons (Fsp3) is 0.250. The van der Waals surface area contributed by atoms with Crippen LogP contribution in [0.4, 0.5) is 0 Å². The fourth-order valence-corrected chi connectivity index (χ4v) is 3.85. The van der Waals surface area contributed by atoms with Gasteiger partial charge in [-0.2, -0.15) is 0 Å². The molecule has 0 atom stereocenters. The lowest BCUT2D eigenvalue weighted by Gasteiger charge is -2.21. The van der Waals surface area contributed by atoms with Gasteiger partial charge in [0.05, 0.1) is 0 Å². The van der Waals surface area contributed by atoms with Crippen LogP contribution < -0.4 is 4.74 Å². The first-order valence-corrected chi connectivity index (χ1v) is 8.05. The quantitative estimate of drug-likeness (QED) is 0.678. The molecular formula is C16H16O3S. The minimum Gasteiger partial charge on any atom is -0.455 e. The number of rotatable bonds is 1. The lowest BCUT2D eigenvalue weighted by Crippen LogP contribution is -2.11. The van der Waals surface area contributed by atoms with Crippen molar-refractivity contribution in [2.45, 2.75) is 36.5 Å². The zero-order chi connectivity index (χ0) is 14.5. The summed E-state index contributed by atoms with van der Waals surface area (Å²) in [4.78, 5) is 0.511. The molecule has 3 nitrogen and oxygen atoms in total. The summed E-state index contributed by atoms with van der Waals surface area (Å²) in [5.74, 6) is 1.09. The Kier molecular flexibility index (Phi) is 2.87. The third kappa shape index (κ3) is 1.91. The highest BCUT2D eigenvalue weighted by Crippen LogP contribution is 2.43. The SMILES string of the molecule is Cc1ccc2c(c1)Oc1ccc(C(C)C)cc1S2(=O)=O. The smallest absolute Gasteiger partial charge is 0.213 e. The zero-order valence-electron chi connectivity index (χ0n) is 11.7. The number of ether oxygens (including phenoxy) is 1. The summed E-state index contributed by atoms with van der Waals surface area (Å²) in [5, 5.41) is 0. The Morgan fingerprint density at radius 1 is 0.950 bits per heavy atom. The number of aryl methyl sites for hydroxylation is 1. The van der Waals surface area contributed by atoms with Gasteiger partial charge in [-0.05, 0) is 48.2 Å². The van der Waals surface area contributed by atoms with Gasteiger partial charge in [0.15, 0.2) is 0 Å². The van der Waals surface area contributed by atoms with E-state index in [-0.39, 0.29) is 15.7 Å². The van der Waals surface area contributed by atoms with E-state index >= 15 is 0 Å². The summed E-state index contributed by atoms with van der Waals surface area (Å²) in [6, 6.07) is 10.5. The Hall–Kier alpha value is -1.81. The molecule has 1 aliphatic rings. The van der Waals surface area contributed by atoms with Gasteiger partial charge in [-0.3, -0.25) is 0 Å². The predicted octanol–water partition coefficient (Wildman–Crippen LogP) is 4.06. The molecule has 3 rings (SSSR count). The van der Waals surface area contributed by atoms with Gasteiger partial charge in [0.1, 0.15) is 21.3 Å². The molecule has 0 amide bonds. The fourth-order valence-electron chi connectivity index (χ4n) is 2.33. The Morgan fingerprint density at radius 3 is 2.40 bits per heavy atom. The van der Waals surface area contributed by atoms with Crippen LogP contribution in [-0.4, -0.2) is 8.42 Å². The molecule has 20 heavy (non-hydrogen) atoms. The molecule has 0 saturated carbocycles. The normalized spacial score (nSPS) is 15.4. The van der Waals surface area contributed by atoms with Crippen LogP contribution in [-0.2, 0) is 9.84 Å². The number of sulfone groups is 1. The number of hydrogen-bond acceptors (Lipinski definition) is 3. The summed E-state index contributed by atoms with van der Waals surface area (Å²) in [6.07, 6.45) is 0. The molecule has 0 N–H and O–H groups in total. The Balaban J connectivity index is 2.25. The van der Waals surface area contributed by atoms with Crippen LogP contribution in [0.25, 0.3) is 0 Å². The maximum Gasteiger partial charge on any atom is 0.213 e. The van der Waals surface area contributed by atoms with Gasteiger partial charge in [-0.25, -0.2) is 8.42 Å². The van der Waals surface area contributed by atoms with Crippen LogP contribution in [0, 0.1) is 6.92 Å². The van der Waals surface area contributed by atoms with Crippen LogP contribution in [0.3, 0.4) is 0 Å². The van der Waals surface area contributed by atoms with Gasteiger partial charge in [0, 0.05) is 0 Å². The van der Waals surface area contributed by atoms with E-state index in [0.717, 1.165) is 11.1 Å². The molecule has 0 spiro atoms. The van der Waals surface area contributed by atoms with Crippen LogP contribution in [0.1, 0.15) is 30.9 Å². The van der Waals surface area contributed by atoms with E-state index < -0.39 is 9.84 Å². The van der Waals surface area contributed by atoms with E-state index in [1.807, 2.05) is 26.8 Å². The van der Waals surface area contributed by atoms with Gasteiger partial charge in [-0.1, -0.05) is 26.0 Å². The molecule has 0 saturated heterocycles. The average Bonchev–Trinajstić information content (AvgIpc) is 2.37. The van der Waals surface area contributed by atoms with Crippen molar-refractivity contribution in [3.05, 3.63) is 47.5 Å². The molecule has 1 heterocycles. The summed E-state index contributed by atoms with van der Waals surface area (Å²) >= 11 is 0. The zero-order valence-corrected chi connectivity index (χ0v) is 12.5. The molecule has 2 aromatic rings. The maximum atomic E-state index is 12.7. The Labute approximate surface area is 119 Å². The van der Waals surface area contributed by atoms with E-state index in [1.165, 1.54) is 0 Å². The van der Waals surface area contributed by atoms with E-state index in [2.05, 4.69) is 0 Å². The van der Waals surface area contributed by atoms with Crippen LogP contribution >= 0.6 is 0 Å². The van der Waals surface area contributed by atoms with Crippen molar-refractivity contribution in [1.29, 1.82) is 0 Å². The first-order valence-electron chi connectivity index (χ1n) is 6.57. The lowest BCUT2D eigenvalue weighted by molar-refractivity contribution is 0.442. The number of hydrogen-bond donors (Lipinski definition) is 0. The molecule has 4 heteroatoms. The van der Waals surface area contributed by atoms with Crippen molar-refractivity contribution in [2.24, 2.45) is 0 Å². The summed E-state index contributed by atoms with van der Waals surface area (Å²) in [7, 11) is -3.50. The van der Waals surface area contributed by atoms with Crippen molar-refractivity contribution in [3.8, 4) is 11.5 Å². The molecule has 1 aliphatic heterocycles. The highest BCUT2D eigenvalue weighted by atomic mass is 32.2. The molecule has 2 aromatic carbocycles. The van der Waals surface area contributed by atoms with E-state index in [9.17, 15) is 8.42 Å². The molecule has 0 unspecified atom stereocenters. The summed E-state index contributed by atoms with van der Waals surface area (Å²) < 4.78 is 31.2. The predicted molar refractivity (Wildman–Crippen MR) is 77.2 cm³/mol. The van der Waals surface area contributed by atoms with Gasteiger partial charge in [0.2, 0.25) is 9.84 Å². The first-order chi connectivity index (χ1) is 9.39. The third-order valence-corrected chi connectivity index (χ3v) is 5.35. The average molecular weight is 288 g/mol. The van der Waals surface area contributed by atoms with Crippen molar-refractivity contribution in [1.82, 2.24) is 0 Å². The second kappa shape index (κ2) is 4.35. The largest absolute Gasteiger partial charge is 0.455 e. The molecule has 0 fully saturated rings. The van der Waals surface area contributed by atoms with Gasteiger partial charge >= 0.3 is 0 Å². The minimum absolute atomic E-state index is 0.247. The molecule has 0 aromatic heterocycles. The highest BCUT2D eigenvalue weighted by molar-refractivity contribution is 7.91. The van der Waals surface area contributed by atoms with Crippen molar-refractivity contribution < 1.29 is 13.2 Å². The maximum absolute atomic E-state index is 12.7. The van der Waals surface area contributed by atoms with Gasteiger partial charge in [-0.15, -0.1) is 0 Å². The second-order valence-corrected chi connectivity index (χ2v) is 7.30.